The smallest absolute Gasteiger partial charge is 0.220 e. The first-order valence-electron chi connectivity index (χ1n) is 29.4. The quantitative estimate of drug-likeness (QED) is 0.0261. The molecular weight excluding hydrogens is 863 g/mol. The molecule has 1 saturated heterocycles. The summed E-state index contributed by atoms with van der Waals surface area (Å²) in [4.78, 5) is 12.9. The van der Waals surface area contributed by atoms with E-state index in [0.717, 1.165) is 57.8 Å². The Hall–Kier alpha value is -1.85. The van der Waals surface area contributed by atoms with Gasteiger partial charge in [-0.25, -0.2) is 0 Å². The molecule has 1 fully saturated rings. The van der Waals surface area contributed by atoms with Crippen LogP contribution in [-0.2, 0) is 14.3 Å². The summed E-state index contributed by atoms with van der Waals surface area (Å²) >= 11 is 0. The Bertz CT molecular complexity index is 1220. The summed E-state index contributed by atoms with van der Waals surface area (Å²) in [7, 11) is 0. The van der Waals surface area contributed by atoms with Gasteiger partial charge in [-0.05, 0) is 57.8 Å². The summed E-state index contributed by atoms with van der Waals surface area (Å²) in [6.07, 6.45) is 60.0. The van der Waals surface area contributed by atoms with Crippen LogP contribution in [0.25, 0.3) is 0 Å². The van der Waals surface area contributed by atoms with Crippen molar-refractivity contribution in [1.82, 2.24) is 5.32 Å². The lowest BCUT2D eigenvalue weighted by atomic mass is 9.99. The molecule has 1 amide bonds. The minimum Gasteiger partial charge on any atom is -0.394 e. The second-order valence-corrected chi connectivity index (χ2v) is 20.4. The second-order valence-electron chi connectivity index (χ2n) is 20.4. The molecule has 0 radical (unpaired) electrons. The molecule has 0 bridgehead atoms. The van der Waals surface area contributed by atoms with Gasteiger partial charge in [0, 0.05) is 6.42 Å². The number of amides is 1. The highest BCUT2D eigenvalue weighted by Crippen LogP contribution is 2.23. The van der Waals surface area contributed by atoms with Crippen LogP contribution >= 0.6 is 0 Å². The predicted molar refractivity (Wildman–Crippen MR) is 290 cm³/mol. The van der Waals surface area contributed by atoms with Crippen LogP contribution in [0.1, 0.15) is 271 Å². The van der Waals surface area contributed by atoms with E-state index in [1.807, 2.05) is 6.08 Å². The number of aliphatic hydroxyl groups is 5. The van der Waals surface area contributed by atoms with Crippen molar-refractivity contribution in [3.8, 4) is 0 Å². The zero-order valence-corrected chi connectivity index (χ0v) is 44.8. The van der Waals surface area contributed by atoms with Crippen LogP contribution in [0.4, 0.5) is 0 Å². The van der Waals surface area contributed by atoms with Crippen LogP contribution in [-0.4, -0.2) is 87.5 Å². The molecule has 0 aromatic heterocycles. The Labute approximate surface area is 424 Å². The van der Waals surface area contributed by atoms with Gasteiger partial charge in [0.2, 0.25) is 5.91 Å². The third-order valence-corrected chi connectivity index (χ3v) is 13.9. The average Bonchev–Trinajstić information content (AvgIpc) is 3.35. The molecule has 0 aromatic rings. The third-order valence-electron chi connectivity index (χ3n) is 13.9. The van der Waals surface area contributed by atoms with Crippen molar-refractivity contribution < 1.29 is 39.8 Å². The molecule has 1 heterocycles. The van der Waals surface area contributed by atoms with E-state index >= 15 is 0 Å². The minimum absolute atomic E-state index is 0.181. The second kappa shape index (κ2) is 49.7. The summed E-state index contributed by atoms with van der Waals surface area (Å²) in [5, 5.41) is 53.8. The molecule has 0 aromatic carbocycles. The van der Waals surface area contributed by atoms with Crippen LogP contribution in [0.5, 0.6) is 0 Å². The van der Waals surface area contributed by atoms with Crippen molar-refractivity contribution in [3.63, 3.8) is 0 Å². The molecular formula is C60H111NO8. The lowest BCUT2D eigenvalue weighted by molar-refractivity contribution is -0.302. The van der Waals surface area contributed by atoms with E-state index in [2.05, 4.69) is 55.6 Å². The normalized spacial score (nSPS) is 19.8. The van der Waals surface area contributed by atoms with E-state index in [9.17, 15) is 30.3 Å². The Kier molecular flexibility index (Phi) is 47.0. The minimum atomic E-state index is -1.56. The van der Waals surface area contributed by atoms with Gasteiger partial charge in [0.05, 0.1) is 25.4 Å². The summed E-state index contributed by atoms with van der Waals surface area (Å²) in [5.74, 6) is -0.181. The fraction of sp³-hybridized carbons (Fsp3) is 0.850. The molecule has 1 aliphatic rings. The standard InChI is InChI=1S/C60H111NO8/c1-3-5-7-9-10-11-12-13-14-15-16-17-18-19-20-21-22-23-24-25-26-27-28-29-30-31-32-33-34-35-36-37-38-39-40-41-42-43-44-46-48-50-56(64)61-53(54(63)49-47-45-8-6-4-2)52-68-60-59(67)58(66)57(65)55(51-62)69-60/h12-13,15-16,18-19,47,49,53-55,57-60,62-63,65-67H,3-11,14,17,20-46,48,50-52H2,1-2H3,(H,61,64)/b13-12-,16-15-,19-18-,49-47+. The number of aliphatic hydroxyl groups excluding tert-OH is 5. The molecule has 9 heteroatoms. The molecule has 1 rings (SSSR count). The van der Waals surface area contributed by atoms with Crippen molar-refractivity contribution in [2.24, 2.45) is 0 Å². The lowest BCUT2D eigenvalue weighted by Gasteiger charge is -2.40. The number of rotatable bonds is 50. The first-order valence-corrected chi connectivity index (χ1v) is 29.4. The summed E-state index contributed by atoms with van der Waals surface area (Å²) in [5.41, 5.74) is 0. The first kappa shape index (κ1) is 65.2. The van der Waals surface area contributed by atoms with Gasteiger partial charge in [0.1, 0.15) is 24.4 Å². The summed E-state index contributed by atoms with van der Waals surface area (Å²) < 4.78 is 11.1. The Balaban J connectivity index is 1.91. The van der Waals surface area contributed by atoms with Crippen LogP contribution in [0.3, 0.4) is 0 Å². The predicted octanol–water partition coefficient (Wildman–Crippen LogP) is 14.5. The fourth-order valence-corrected chi connectivity index (χ4v) is 9.22. The Morgan fingerprint density at radius 3 is 1.29 bits per heavy atom. The molecule has 9 nitrogen and oxygen atoms in total. The van der Waals surface area contributed by atoms with Crippen molar-refractivity contribution in [2.75, 3.05) is 13.2 Å². The topological polar surface area (TPSA) is 149 Å². The van der Waals surface area contributed by atoms with Gasteiger partial charge in [-0.2, -0.15) is 0 Å². The van der Waals surface area contributed by atoms with E-state index in [-0.39, 0.29) is 12.5 Å². The SMILES string of the molecule is CCCCC/C=C/C(O)C(COC1OC(CO)C(O)C(O)C1O)NC(=O)CCCCCCCCCCCCCCCCCCCCCCCCCCCC/C=C\C/C=C\C/C=C\CCCCCCC. The van der Waals surface area contributed by atoms with Gasteiger partial charge in [-0.3, -0.25) is 4.79 Å². The van der Waals surface area contributed by atoms with Gasteiger partial charge in [-0.1, -0.05) is 255 Å². The third kappa shape index (κ3) is 39.4. The van der Waals surface area contributed by atoms with Crippen LogP contribution in [0.15, 0.2) is 48.6 Å². The highest BCUT2D eigenvalue weighted by atomic mass is 16.7. The van der Waals surface area contributed by atoms with Gasteiger partial charge in [-0.15, -0.1) is 0 Å². The van der Waals surface area contributed by atoms with Gasteiger partial charge in [0.15, 0.2) is 6.29 Å². The molecule has 1 aliphatic heterocycles. The molecule has 404 valence electrons. The highest BCUT2D eigenvalue weighted by molar-refractivity contribution is 5.76. The number of nitrogens with one attached hydrogen (secondary N) is 1. The van der Waals surface area contributed by atoms with Gasteiger partial charge < -0.3 is 40.3 Å². The largest absolute Gasteiger partial charge is 0.394 e. The maximum atomic E-state index is 12.9. The number of hydrogen-bond donors (Lipinski definition) is 6. The van der Waals surface area contributed by atoms with Crippen LogP contribution in [0.2, 0.25) is 0 Å². The Morgan fingerprint density at radius 1 is 0.493 bits per heavy atom. The van der Waals surface area contributed by atoms with E-state index in [1.165, 1.54) is 193 Å². The molecule has 7 atom stereocenters. The van der Waals surface area contributed by atoms with Crippen molar-refractivity contribution in [1.29, 1.82) is 0 Å². The summed E-state index contributed by atoms with van der Waals surface area (Å²) in [6.45, 7) is 3.66. The van der Waals surface area contributed by atoms with Crippen LogP contribution < -0.4 is 5.32 Å². The van der Waals surface area contributed by atoms with Crippen LogP contribution in [0, 0.1) is 0 Å². The van der Waals surface area contributed by atoms with Crippen molar-refractivity contribution in [2.45, 2.75) is 314 Å². The lowest BCUT2D eigenvalue weighted by Crippen LogP contribution is -2.60. The van der Waals surface area contributed by atoms with E-state index in [4.69, 9.17) is 9.47 Å². The maximum absolute atomic E-state index is 12.9. The van der Waals surface area contributed by atoms with E-state index in [1.54, 1.807) is 6.08 Å². The van der Waals surface area contributed by atoms with E-state index in [0.29, 0.717) is 6.42 Å². The number of allylic oxidation sites excluding steroid dienone is 7. The van der Waals surface area contributed by atoms with Crippen molar-refractivity contribution >= 4 is 5.91 Å². The number of carbonyl (C=O) groups is 1. The molecule has 69 heavy (non-hydrogen) atoms. The number of unbranched alkanes of at least 4 members (excludes halogenated alkanes) is 34. The highest BCUT2D eigenvalue weighted by Gasteiger charge is 2.44. The van der Waals surface area contributed by atoms with E-state index < -0.39 is 49.5 Å². The molecule has 0 spiro atoms. The molecule has 0 aliphatic carbocycles. The summed E-state index contributed by atoms with van der Waals surface area (Å²) in [6, 6.07) is -0.799. The Morgan fingerprint density at radius 2 is 0.855 bits per heavy atom. The van der Waals surface area contributed by atoms with Gasteiger partial charge in [0.25, 0.3) is 0 Å². The molecule has 6 N–H and O–H groups in total. The number of ether oxygens (including phenoxy) is 2. The first-order chi connectivity index (χ1) is 33.8. The average molecular weight is 975 g/mol. The fourth-order valence-electron chi connectivity index (χ4n) is 9.22. The zero-order chi connectivity index (χ0) is 50.1. The number of hydrogen-bond acceptors (Lipinski definition) is 8. The molecule has 0 saturated carbocycles. The van der Waals surface area contributed by atoms with Gasteiger partial charge >= 0.3 is 0 Å². The number of carbonyl (C=O) groups excluding carboxylic acids is 1. The van der Waals surface area contributed by atoms with Crippen molar-refractivity contribution in [3.05, 3.63) is 48.6 Å². The molecule has 7 unspecified atom stereocenters. The monoisotopic (exact) mass is 974 g/mol. The maximum Gasteiger partial charge on any atom is 0.220 e. The zero-order valence-electron chi connectivity index (χ0n) is 44.8.